The highest BCUT2D eigenvalue weighted by Crippen LogP contribution is 2.44. The van der Waals surface area contributed by atoms with Crippen LogP contribution in [0.2, 0.25) is 0 Å². The standard InChI is InChI=1S/C27H28Br2O5S/c1-5-9-17-13-20(15(3)24(28)26(17)30)23(19-11-7-8-12-22(19)35(32,33)34)21-14-18(10-6-2)27(31)25(29)16(21)4/h7-8,11-14,30H,5-6,9-10H2,1-4H3,(H,32,33,34)/p-1. The maximum atomic E-state index is 12.9. The van der Waals surface area contributed by atoms with Crippen LogP contribution in [0.5, 0.6) is 5.75 Å². The molecular weight excluding hydrogens is 596 g/mol. The molecule has 186 valence electrons. The van der Waals surface area contributed by atoms with Gasteiger partial charge in [-0.25, -0.2) is 8.42 Å². The molecule has 0 radical (unpaired) electrons. The van der Waals surface area contributed by atoms with Crippen molar-refractivity contribution in [2.45, 2.75) is 58.3 Å². The van der Waals surface area contributed by atoms with E-state index in [1.807, 2.05) is 26.8 Å². The van der Waals surface area contributed by atoms with E-state index in [4.69, 9.17) is 0 Å². The van der Waals surface area contributed by atoms with Crippen molar-refractivity contribution in [2.75, 3.05) is 0 Å². The van der Waals surface area contributed by atoms with Crippen LogP contribution in [0.15, 0.2) is 67.0 Å². The van der Waals surface area contributed by atoms with Crippen molar-refractivity contribution in [2.24, 2.45) is 0 Å². The van der Waals surface area contributed by atoms with Crippen molar-refractivity contribution >= 4 is 53.3 Å². The predicted octanol–water partition coefficient (Wildman–Crippen LogP) is 7.10. The number of carbonyl (C=O) groups excluding carboxylic acids is 1. The summed E-state index contributed by atoms with van der Waals surface area (Å²) in [5, 5.41) is 10.7. The average Bonchev–Trinajstić information content (AvgIpc) is 2.81. The number of aromatic hydroxyl groups is 1. The van der Waals surface area contributed by atoms with E-state index >= 15 is 0 Å². The second kappa shape index (κ2) is 10.9. The van der Waals surface area contributed by atoms with Crippen molar-refractivity contribution < 1.29 is 22.9 Å². The Morgan fingerprint density at radius 3 is 2.26 bits per heavy atom. The molecule has 0 aromatic heterocycles. The summed E-state index contributed by atoms with van der Waals surface area (Å²) in [4.78, 5) is 12.6. The van der Waals surface area contributed by atoms with Crippen LogP contribution in [-0.2, 0) is 21.3 Å². The van der Waals surface area contributed by atoms with E-state index in [0.717, 1.165) is 12.8 Å². The van der Waals surface area contributed by atoms with Crippen LogP contribution in [0.25, 0.3) is 5.57 Å². The summed E-state index contributed by atoms with van der Waals surface area (Å²) in [7, 11) is -4.80. The molecule has 2 aromatic rings. The van der Waals surface area contributed by atoms with E-state index in [0.29, 0.717) is 60.8 Å². The fraction of sp³-hybridized carbons (Fsp3) is 0.296. The topological polar surface area (TPSA) is 94.5 Å². The number of allylic oxidation sites excluding steroid dienone is 5. The van der Waals surface area contributed by atoms with Crippen molar-refractivity contribution in [3.63, 3.8) is 0 Å². The first-order valence-corrected chi connectivity index (χ1v) is 14.4. The fourth-order valence-corrected chi connectivity index (χ4v) is 5.95. The number of phenols is 1. The van der Waals surface area contributed by atoms with E-state index in [1.54, 1.807) is 25.1 Å². The van der Waals surface area contributed by atoms with Crippen LogP contribution in [-0.4, -0.2) is 23.9 Å². The zero-order valence-electron chi connectivity index (χ0n) is 20.0. The normalized spacial score (nSPS) is 16.0. The largest absolute Gasteiger partial charge is 0.744 e. The minimum absolute atomic E-state index is 0.104. The van der Waals surface area contributed by atoms with E-state index in [1.165, 1.54) is 12.1 Å². The first kappa shape index (κ1) is 27.6. The van der Waals surface area contributed by atoms with Gasteiger partial charge in [-0.3, -0.25) is 4.79 Å². The second-order valence-electron chi connectivity index (χ2n) is 8.55. The SMILES string of the molecule is CCCC1=CC(=C(c2ccccc2S(=O)(=O)[O-])c2cc(CCC)c(O)c(Br)c2C)C(C)=C(Br)C1=O. The highest BCUT2D eigenvalue weighted by Gasteiger charge is 2.28. The van der Waals surface area contributed by atoms with Crippen molar-refractivity contribution in [3.05, 3.63) is 84.3 Å². The van der Waals surface area contributed by atoms with E-state index < -0.39 is 10.1 Å². The molecule has 0 saturated carbocycles. The molecule has 0 heterocycles. The van der Waals surface area contributed by atoms with Gasteiger partial charge in [-0.05, 0) is 110 Å². The Bertz CT molecular complexity index is 1400. The molecule has 2 aromatic carbocycles. The average molecular weight is 623 g/mol. The molecule has 5 nitrogen and oxygen atoms in total. The summed E-state index contributed by atoms with van der Waals surface area (Å²) in [6.45, 7) is 7.60. The maximum absolute atomic E-state index is 12.9. The highest BCUT2D eigenvalue weighted by molar-refractivity contribution is 9.12. The zero-order valence-corrected chi connectivity index (χ0v) is 24.0. The predicted molar refractivity (Wildman–Crippen MR) is 145 cm³/mol. The number of Topliss-reactive ketones (excluding diaryl/α,β-unsaturated/α-hetero) is 1. The molecular formula is C27H27Br2O5S-. The van der Waals surface area contributed by atoms with Crippen molar-refractivity contribution in [1.82, 2.24) is 0 Å². The Morgan fingerprint density at radius 2 is 1.66 bits per heavy atom. The number of hydrogen-bond donors (Lipinski definition) is 1. The second-order valence-corrected chi connectivity index (χ2v) is 11.5. The third kappa shape index (κ3) is 5.40. The van der Waals surface area contributed by atoms with Gasteiger partial charge >= 0.3 is 0 Å². The zero-order chi connectivity index (χ0) is 26.1. The Balaban J connectivity index is 2.58. The number of phenolic OH excluding ortho intramolecular Hbond substituents is 1. The summed E-state index contributed by atoms with van der Waals surface area (Å²) < 4.78 is 37.8. The number of halogens is 2. The number of ketones is 1. The molecule has 1 aliphatic carbocycles. The summed E-state index contributed by atoms with van der Waals surface area (Å²) in [6, 6.07) is 7.95. The van der Waals surface area contributed by atoms with Gasteiger partial charge < -0.3 is 9.66 Å². The molecule has 1 aliphatic rings. The van der Waals surface area contributed by atoms with Crippen LogP contribution in [0.4, 0.5) is 0 Å². The highest BCUT2D eigenvalue weighted by atomic mass is 79.9. The minimum atomic E-state index is -4.80. The smallest absolute Gasteiger partial charge is 0.196 e. The third-order valence-corrected chi connectivity index (χ3v) is 8.93. The lowest BCUT2D eigenvalue weighted by atomic mass is 9.82. The van der Waals surface area contributed by atoms with Crippen LogP contribution in [0.3, 0.4) is 0 Å². The molecule has 0 atom stereocenters. The maximum Gasteiger partial charge on any atom is 0.196 e. The molecule has 3 rings (SSSR count). The lowest BCUT2D eigenvalue weighted by molar-refractivity contribution is -0.111. The Morgan fingerprint density at radius 1 is 1.03 bits per heavy atom. The third-order valence-electron chi connectivity index (χ3n) is 6.11. The van der Waals surface area contributed by atoms with Crippen molar-refractivity contribution in [1.29, 1.82) is 0 Å². The quantitative estimate of drug-likeness (QED) is 0.332. The van der Waals surface area contributed by atoms with Crippen LogP contribution in [0.1, 0.15) is 62.3 Å². The van der Waals surface area contributed by atoms with Gasteiger partial charge in [0.05, 0.1) is 13.9 Å². The fourth-order valence-electron chi connectivity index (χ4n) is 4.33. The van der Waals surface area contributed by atoms with Gasteiger partial charge in [0.1, 0.15) is 15.9 Å². The van der Waals surface area contributed by atoms with Gasteiger partial charge in [-0.2, -0.15) is 0 Å². The molecule has 0 bridgehead atoms. The molecule has 0 aliphatic heterocycles. The van der Waals surface area contributed by atoms with E-state index in [2.05, 4.69) is 31.9 Å². The first-order chi connectivity index (χ1) is 16.4. The van der Waals surface area contributed by atoms with Crippen LogP contribution in [0, 0.1) is 6.92 Å². The van der Waals surface area contributed by atoms with Crippen LogP contribution < -0.4 is 0 Å². The summed E-state index contributed by atoms with van der Waals surface area (Å²) in [6.07, 6.45) is 4.51. The Labute approximate surface area is 223 Å². The Kier molecular flexibility index (Phi) is 8.63. The van der Waals surface area contributed by atoms with Crippen LogP contribution >= 0.6 is 31.9 Å². The monoisotopic (exact) mass is 621 g/mol. The molecule has 0 fully saturated rings. The molecule has 35 heavy (non-hydrogen) atoms. The summed E-state index contributed by atoms with van der Waals surface area (Å²) in [5.74, 6) is 0.0316. The number of hydrogen-bond acceptors (Lipinski definition) is 5. The van der Waals surface area contributed by atoms with Gasteiger partial charge in [-0.15, -0.1) is 0 Å². The minimum Gasteiger partial charge on any atom is -0.744 e. The van der Waals surface area contributed by atoms with E-state index in [-0.39, 0.29) is 22.0 Å². The molecule has 1 N–H and O–H groups in total. The van der Waals surface area contributed by atoms with Gasteiger partial charge in [0.15, 0.2) is 5.78 Å². The molecule has 0 spiro atoms. The van der Waals surface area contributed by atoms with Gasteiger partial charge in [0.2, 0.25) is 0 Å². The number of benzene rings is 2. The lowest BCUT2D eigenvalue weighted by Gasteiger charge is -2.25. The van der Waals surface area contributed by atoms with Gasteiger partial charge in [0.25, 0.3) is 0 Å². The molecule has 0 amide bonds. The van der Waals surface area contributed by atoms with Gasteiger partial charge in [0, 0.05) is 11.1 Å². The first-order valence-electron chi connectivity index (χ1n) is 11.4. The van der Waals surface area contributed by atoms with E-state index in [9.17, 15) is 22.9 Å². The van der Waals surface area contributed by atoms with Gasteiger partial charge in [-0.1, -0.05) is 44.9 Å². The lowest BCUT2D eigenvalue weighted by Crippen LogP contribution is -2.13. The number of rotatable bonds is 7. The molecule has 0 saturated heterocycles. The Hall–Kier alpha value is -2.00. The number of carbonyl (C=O) groups is 1. The summed E-state index contributed by atoms with van der Waals surface area (Å²) in [5.41, 5.74) is 4.73. The van der Waals surface area contributed by atoms with Crippen molar-refractivity contribution in [3.8, 4) is 5.75 Å². The number of aryl methyl sites for hydroxylation is 1. The molecule has 8 heteroatoms. The molecule has 0 unspecified atom stereocenters. The summed E-state index contributed by atoms with van der Waals surface area (Å²) >= 11 is 6.95.